The van der Waals surface area contributed by atoms with E-state index in [1.165, 1.54) is 30.6 Å². The van der Waals surface area contributed by atoms with Crippen molar-refractivity contribution in [3.63, 3.8) is 0 Å². The van der Waals surface area contributed by atoms with Gasteiger partial charge in [0.1, 0.15) is 0 Å². The van der Waals surface area contributed by atoms with Gasteiger partial charge in [-0.1, -0.05) is 30.9 Å². The number of ketones is 1. The molecule has 0 unspecified atom stereocenters. The lowest BCUT2D eigenvalue weighted by atomic mass is 9.79. The molecule has 3 rings (SSSR count). The highest BCUT2D eigenvalue weighted by Crippen LogP contribution is 2.34. The quantitative estimate of drug-likeness (QED) is 0.714. The number of amides is 1. The third-order valence-corrected chi connectivity index (χ3v) is 6.78. The van der Waals surface area contributed by atoms with Crippen LogP contribution in [0.5, 0.6) is 0 Å². The summed E-state index contributed by atoms with van der Waals surface area (Å²) in [4.78, 5) is 27.6. The van der Waals surface area contributed by atoms with Crippen LogP contribution in [0.2, 0.25) is 4.34 Å². The molecule has 1 aliphatic heterocycles. The van der Waals surface area contributed by atoms with E-state index in [-0.39, 0.29) is 30.1 Å². The molecule has 2 aliphatic rings. The summed E-state index contributed by atoms with van der Waals surface area (Å²) in [6, 6.07) is 3.44. The lowest BCUT2D eigenvalue weighted by molar-refractivity contribution is -0.122. The fourth-order valence-electron chi connectivity index (χ4n) is 4.02. The molecule has 1 aliphatic carbocycles. The van der Waals surface area contributed by atoms with E-state index in [0.717, 1.165) is 39.1 Å². The van der Waals surface area contributed by atoms with E-state index in [1.807, 2.05) is 0 Å². The molecule has 144 valence electrons. The lowest BCUT2D eigenvalue weighted by Gasteiger charge is -2.48. The third kappa shape index (κ3) is 5.06. The van der Waals surface area contributed by atoms with Crippen LogP contribution >= 0.6 is 22.9 Å². The summed E-state index contributed by atoms with van der Waals surface area (Å²) in [7, 11) is 0. The first-order valence-corrected chi connectivity index (χ1v) is 10.7. The second-order valence-electron chi connectivity index (χ2n) is 7.19. The zero-order valence-corrected chi connectivity index (χ0v) is 16.7. The number of thiophene rings is 1. The highest BCUT2D eigenvalue weighted by molar-refractivity contribution is 7.18. The van der Waals surface area contributed by atoms with Gasteiger partial charge in [0.2, 0.25) is 5.91 Å². The molecule has 2 heterocycles. The van der Waals surface area contributed by atoms with Crippen molar-refractivity contribution in [2.75, 3.05) is 32.8 Å². The Labute approximate surface area is 164 Å². The van der Waals surface area contributed by atoms with Gasteiger partial charge in [-0.15, -0.1) is 11.3 Å². The third-order valence-electron chi connectivity index (χ3n) is 5.51. The molecule has 0 aromatic carbocycles. The Hall–Kier alpha value is -0.950. The van der Waals surface area contributed by atoms with Crippen molar-refractivity contribution in [1.29, 1.82) is 0 Å². The van der Waals surface area contributed by atoms with E-state index in [2.05, 4.69) is 10.2 Å². The number of hydrogen-bond donors (Lipinski definition) is 1. The van der Waals surface area contributed by atoms with E-state index in [0.29, 0.717) is 15.8 Å². The zero-order chi connectivity index (χ0) is 18.4. The van der Waals surface area contributed by atoms with E-state index >= 15 is 0 Å². The molecule has 1 aromatic rings. The Morgan fingerprint density at radius 2 is 1.88 bits per heavy atom. The second kappa shape index (κ2) is 9.31. The van der Waals surface area contributed by atoms with Gasteiger partial charge in [-0.25, -0.2) is 0 Å². The molecule has 0 bridgehead atoms. The molecule has 0 spiro atoms. The molecule has 5 nitrogen and oxygen atoms in total. The lowest BCUT2D eigenvalue weighted by Crippen LogP contribution is -2.59. The normalized spacial score (nSPS) is 20.7. The van der Waals surface area contributed by atoms with E-state index in [4.69, 9.17) is 16.3 Å². The Kier molecular flexibility index (Phi) is 7.09. The summed E-state index contributed by atoms with van der Waals surface area (Å²) in [5.41, 5.74) is 0.0585. The fourth-order valence-corrected chi connectivity index (χ4v) is 5.03. The van der Waals surface area contributed by atoms with Crippen molar-refractivity contribution in [2.24, 2.45) is 0 Å². The average Bonchev–Trinajstić information content (AvgIpc) is 3.12. The van der Waals surface area contributed by atoms with Gasteiger partial charge >= 0.3 is 0 Å². The minimum absolute atomic E-state index is 0.0161. The maximum Gasteiger partial charge on any atom is 0.220 e. The van der Waals surface area contributed by atoms with E-state index in [1.54, 1.807) is 12.1 Å². The number of rotatable bonds is 7. The number of Topliss-reactive ketones (excluding diaryl/α,β-unsaturated/α-hetero) is 1. The van der Waals surface area contributed by atoms with Crippen LogP contribution in [0.25, 0.3) is 0 Å². The van der Waals surface area contributed by atoms with E-state index in [9.17, 15) is 9.59 Å². The number of carbonyl (C=O) groups excluding carboxylic acids is 2. The summed E-state index contributed by atoms with van der Waals surface area (Å²) >= 11 is 7.13. The Bertz CT molecular complexity index is 622. The molecule has 2 fully saturated rings. The molecule has 1 aromatic heterocycles. The largest absolute Gasteiger partial charge is 0.379 e. The number of morpholine rings is 1. The zero-order valence-electron chi connectivity index (χ0n) is 15.1. The number of halogens is 1. The van der Waals surface area contributed by atoms with Crippen molar-refractivity contribution >= 4 is 34.6 Å². The molecule has 1 saturated heterocycles. The number of ether oxygens (including phenoxy) is 1. The van der Waals surface area contributed by atoms with Crippen LogP contribution in [-0.4, -0.2) is 55.0 Å². The fraction of sp³-hybridized carbons (Fsp3) is 0.684. The maximum absolute atomic E-state index is 12.3. The highest BCUT2D eigenvalue weighted by atomic mass is 35.5. The van der Waals surface area contributed by atoms with Gasteiger partial charge in [0.15, 0.2) is 5.78 Å². The van der Waals surface area contributed by atoms with Gasteiger partial charge in [-0.05, 0) is 25.0 Å². The van der Waals surface area contributed by atoms with Crippen LogP contribution < -0.4 is 5.32 Å². The summed E-state index contributed by atoms with van der Waals surface area (Å²) in [5, 5.41) is 3.11. The first kappa shape index (κ1) is 19.8. The first-order chi connectivity index (χ1) is 12.6. The summed E-state index contributed by atoms with van der Waals surface area (Å²) in [6.07, 6.45) is 6.41. The summed E-state index contributed by atoms with van der Waals surface area (Å²) < 4.78 is 6.09. The maximum atomic E-state index is 12.3. The number of nitrogens with zero attached hydrogens (tertiary/aromatic N) is 1. The van der Waals surface area contributed by atoms with Gasteiger partial charge in [0, 0.05) is 38.0 Å². The minimum atomic E-state index is -0.0424. The molecule has 0 atom stereocenters. The number of nitrogens with one attached hydrogen (secondary N) is 1. The van der Waals surface area contributed by atoms with Crippen LogP contribution in [0.3, 0.4) is 0 Å². The molecule has 7 heteroatoms. The molecule has 26 heavy (non-hydrogen) atoms. The van der Waals surface area contributed by atoms with Crippen molar-refractivity contribution in [2.45, 2.75) is 50.5 Å². The van der Waals surface area contributed by atoms with Crippen molar-refractivity contribution in [3.8, 4) is 0 Å². The van der Waals surface area contributed by atoms with Crippen LogP contribution in [-0.2, 0) is 9.53 Å². The van der Waals surface area contributed by atoms with Crippen LogP contribution in [0.15, 0.2) is 12.1 Å². The monoisotopic (exact) mass is 398 g/mol. The Balaban J connectivity index is 1.50. The van der Waals surface area contributed by atoms with Crippen LogP contribution in [0.1, 0.15) is 54.6 Å². The highest BCUT2D eigenvalue weighted by Gasteiger charge is 2.38. The van der Waals surface area contributed by atoms with Crippen LogP contribution in [0, 0.1) is 0 Å². The molecular formula is C19H27ClN2O3S. The van der Waals surface area contributed by atoms with Gasteiger partial charge in [-0.2, -0.15) is 0 Å². The first-order valence-electron chi connectivity index (χ1n) is 9.47. The standard InChI is InChI=1S/C19H27ClN2O3S/c20-17-6-5-16(26-17)15(23)4-7-18(24)21-14-19(8-2-1-3-9-19)22-10-12-25-13-11-22/h5-6H,1-4,7-14H2,(H,21,24). The van der Waals surface area contributed by atoms with Crippen LogP contribution in [0.4, 0.5) is 0 Å². The van der Waals surface area contributed by atoms with Gasteiger partial charge in [0.25, 0.3) is 0 Å². The Morgan fingerprint density at radius 1 is 1.15 bits per heavy atom. The molecule has 1 saturated carbocycles. The van der Waals surface area contributed by atoms with Crippen molar-refractivity contribution in [1.82, 2.24) is 10.2 Å². The van der Waals surface area contributed by atoms with E-state index < -0.39 is 0 Å². The molecular weight excluding hydrogens is 372 g/mol. The second-order valence-corrected chi connectivity index (χ2v) is 8.90. The SMILES string of the molecule is O=C(CCC(=O)c1ccc(Cl)s1)NCC1(N2CCOCC2)CCCCC1. The number of hydrogen-bond acceptors (Lipinski definition) is 5. The van der Waals surface area contributed by atoms with Crippen molar-refractivity contribution in [3.05, 3.63) is 21.3 Å². The molecule has 1 amide bonds. The van der Waals surface area contributed by atoms with Gasteiger partial charge in [0.05, 0.1) is 22.4 Å². The average molecular weight is 399 g/mol. The summed E-state index contributed by atoms with van der Waals surface area (Å²) in [6.45, 7) is 4.09. The van der Waals surface area contributed by atoms with Gasteiger partial charge in [-0.3, -0.25) is 14.5 Å². The predicted octanol–water partition coefficient (Wildman–Crippen LogP) is 3.52. The molecule has 0 radical (unpaired) electrons. The minimum Gasteiger partial charge on any atom is -0.379 e. The predicted molar refractivity (Wildman–Crippen MR) is 104 cm³/mol. The smallest absolute Gasteiger partial charge is 0.220 e. The summed E-state index contributed by atoms with van der Waals surface area (Å²) in [5.74, 6) is -0.0585. The van der Waals surface area contributed by atoms with Crippen molar-refractivity contribution < 1.29 is 14.3 Å². The van der Waals surface area contributed by atoms with Gasteiger partial charge < -0.3 is 10.1 Å². The Morgan fingerprint density at radius 3 is 2.54 bits per heavy atom. The number of carbonyl (C=O) groups is 2. The topological polar surface area (TPSA) is 58.6 Å². The molecule has 1 N–H and O–H groups in total.